The van der Waals surface area contributed by atoms with Crippen LogP contribution in [0.2, 0.25) is 0 Å². The largest absolute Gasteiger partial charge is 0.456 e. The average Bonchev–Trinajstić information content (AvgIpc) is 3.78. The van der Waals surface area contributed by atoms with Crippen molar-refractivity contribution in [1.82, 2.24) is 0 Å². The lowest BCUT2D eigenvalue weighted by Gasteiger charge is -2.50. The van der Waals surface area contributed by atoms with Gasteiger partial charge in [-0.1, -0.05) is 191 Å². The van der Waals surface area contributed by atoms with E-state index in [9.17, 15) is 0 Å². The third kappa shape index (κ3) is 6.41. The normalized spacial score (nSPS) is 17.3. The summed E-state index contributed by atoms with van der Waals surface area (Å²) in [5, 5.41) is 4.78. The molecule has 9 aromatic carbocycles. The molecule has 1 aromatic heterocycles. The first-order chi connectivity index (χ1) is 35.8. The highest BCUT2D eigenvalue weighted by atomic mass is 16.3. The van der Waals surface area contributed by atoms with Crippen molar-refractivity contribution in [2.75, 3.05) is 9.71 Å². The van der Waals surface area contributed by atoms with Gasteiger partial charge in [-0.15, -0.1) is 0 Å². The lowest BCUT2D eigenvalue weighted by molar-refractivity contribution is 0.332. The number of fused-ring (bicyclic) bond motifs is 13. The van der Waals surface area contributed by atoms with Gasteiger partial charge in [-0.25, -0.2) is 0 Å². The molecule has 0 radical (unpaired) electrons. The summed E-state index contributed by atoms with van der Waals surface area (Å²) in [6.45, 7) is 28.8. The second kappa shape index (κ2) is 15.4. The van der Waals surface area contributed by atoms with Gasteiger partial charge in [0.2, 0.25) is 0 Å². The molecule has 10 aromatic rings. The van der Waals surface area contributed by atoms with E-state index in [2.05, 4.69) is 257 Å². The van der Waals surface area contributed by atoms with Crippen molar-refractivity contribution in [2.24, 2.45) is 0 Å². The Balaban J connectivity index is 1.20. The van der Waals surface area contributed by atoms with Crippen LogP contribution in [0.3, 0.4) is 0 Å². The molecule has 2 aliphatic carbocycles. The maximum absolute atomic E-state index is 6.92. The molecule has 14 rings (SSSR count). The first-order valence-corrected chi connectivity index (χ1v) is 27.5. The third-order valence-corrected chi connectivity index (χ3v) is 18.8. The van der Waals surface area contributed by atoms with E-state index >= 15 is 0 Å². The third-order valence-electron chi connectivity index (χ3n) is 18.8. The molecule has 0 N–H and O–H groups in total. The van der Waals surface area contributed by atoms with Crippen molar-refractivity contribution in [2.45, 2.75) is 123 Å². The standard InChI is InChI=1S/C71H67BN2O/c1-42-36-52-53(69(7,8)35-34-68(52,5)6)40-58(42)73-59-41-55-54(70(9,10)50-27-19-20-28-51(50)71(55,11)12)39-56(59)72-65-60(73)37-44-24-16-17-25-46(44)63(65)48-31-33-62-64(47-26-18-21-29-61(47)75-62)66(48)74(72)57-32-30-45(67(2,3)4)38-49(57)43-22-14-13-15-23-43/h13-33,36-41H,34-35H2,1-12H3. The minimum atomic E-state index is -0.278. The van der Waals surface area contributed by atoms with Gasteiger partial charge in [0.05, 0.1) is 5.39 Å². The van der Waals surface area contributed by atoms with Crippen LogP contribution in [-0.2, 0) is 27.1 Å². The molecule has 4 aliphatic rings. The molecule has 4 heteroatoms. The summed E-state index contributed by atoms with van der Waals surface area (Å²) in [7, 11) is 0. The molecule has 0 saturated heterocycles. The zero-order chi connectivity index (χ0) is 51.9. The number of para-hydroxylation sites is 1. The van der Waals surface area contributed by atoms with Gasteiger partial charge in [0, 0.05) is 55.8 Å². The summed E-state index contributed by atoms with van der Waals surface area (Å²) in [6, 6.07) is 63.2. The van der Waals surface area contributed by atoms with Gasteiger partial charge in [0.25, 0.3) is 0 Å². The fourth-order valence-corrected chi connectivity index (χ4v) is 14.5. The number of benzene rings is 9. The van der Waals surface area contributed by atoms with Gasteiger partial charge in [-0.3, -0.25) is 0 Å². The number of hydrogen-bond acceptors (Lipinski definition) is 3. The van der Waals surface area contributed by atoms with Crippen molar-refractivity contribution in [3.05, 3.63) is 208 Å². The van der Waals surface area contributed by atoms with Gasteiger partial charge in [-0.05, 0) is 162 Å². The number of aryl methyl sites for hydroxylation is 1. The summed E-state index contributed by atoms with van der Waals surface area (Å²) in [5.74, 6) is 0. The van der Waals surface area contributed by atoms with E-state index < -0.39 is 0 Å². The Kier molecular flexibility index (Phi) is 9.50. The lowest BCUT2D eigenvalue weighted by atomic mass is 9.42. The molecule has 0 atom stereocenters. The Morgan fingerprint density at radius 1 is 0.493 bits per heavy atom. The Bertz CT molecular complexity index is 4090. The fourth-order valence-electron chi connectivity index (χ4n) is 14.5. The SMILES string of the molecule is Cc1cc2c(cc1N1c3cc4c(cc3B3c5c1cc1ccccc1c5-c1ccc5oc6ccccc6c5c1N3c1ccc(C(C)(C)C)cc1-c1ccccc1)C(C)(C)c1ccccc1C4(C)C)C(C)(C)CCC2(C)C. The number of anilines is 5. The second-order valence-corrected chi connectivity index (χ2v) is 26.0. The summed E-state index contributed by atoms with van der Waals surface area (Å²) < 4.78 is 6.92. The van der Waals surface area contributed by atoms with Gasteiger partial charge in [0.15, 0.2) is 0 Å². The molecule has 0 saturated carbocycles. The smallest absolute Gasteiger partial charge is 0.333 e. The van der Waals surface area contributed by atoms with E-state index in [1.165, 1.54) is 123 Å². The van der Waals surface area contributed by atoms with Crippen LogP contribution in [0.1, 0.15) is 134 Å². The van der Waals surface area contributed by atoms with Crippen molar-refractivity contribution < 1.29 is 4.42 Å². The van der Waals surface area contributed by atoms with E-state index in [4.69, 9.17) is 4.42 Å². The second-order valence-electron chi connectivity index (χ2n) is 26.0. The first-order valence-electron chi connectivity index (χ1n) is 27.5. The minimum absolute atomic E-state index is 0.0182. The van der Waals surface area contributed by atoms with E-state index in [0.717, 1.165) is 28.4 Å². The van der Waals surface area contributed by atoms with Gasteiger partial charge in [-0.2, -0.15) is 0 Å². The van der Waals surface area contributed by atoms with Crippen LogP contribution < -0.4 is 20.6 Å². The van der Waals surface area contributed by atoms with Crippen LogP contribution in [0.4, 0.5) is 28.4 Å². The lowest BCUT2D eigenvalue weighted by Crippen LogP contribution is -2.62. The molecular formula is C71H67BN2O. The van der Waals surface area contributed by atoms with Crippen LogP contribution in [0.15, 0.2) is 168 Å². The Labute approximate surface area is 444 Å². The van der Waals surface area contributed by atoms with Gasteiger partial charge >= 0.3 is 6.85 Å². The molecule has 0 amide bonds. The van der Waals surface area contributed by atoms with Crippen LogP contribution in [0.5, 0.6) is 0 Å². The quantitative estimate of drug-likeness (QED) is 0.165. The highest BCUT2D eigenvalue weighted by Gasteiger charge is 2.51. The maximum atomic E-state index is 6.92. The van der Waals surface area contributed by atoms with Crippen molar-refractivity contribution in [3.8, 4) is 22.3 Å². The Morgan fingerprint density at radius 3 is 1.81 bits per heavy atom. The van der Waals surface area contributed by atoms with Crippen molar-refractivity contribution in [3.63, 3.8) is 0 Å². The van der Waals surface area contributed by atoms with Crippen molar-refractivity contribution >= 4 is 78.9 Å². The summed E-state index contributed by atoms with van der Waals surface area (Å²) >= 11 is 0. The Hall–Kier alpha value is -7.30. The topological polar surface area (TPSA) is 19.6 Å². The summed E-state index contributed by atoms with van der Waals surface area (Å²) in [6.07, 6.45) is 2.32. The minimum Gasteiger partial charge on any atom is -0.456 e. The fraction of sp³-hybridized carbons (Fsp3) is 0.268. The van der Waals surface area contributed by atoms with E-state index in [-0.39, 0.29) is 33.9 Å². The molecular weight excluding hydrogens is 908 g/mol. The van der Waals surface area contributed by atoms with E-state index in [0.29, 0.717) is 0 Å². The highest BCUT2D eigenvalue weighted by Crippen LogP contribution is 2.58. The average molecular weight is 975 g/mol. The van der Waals surface area contributed by atoms with Gasteiger partial charge < -0.3 is 14.1 Å². The van der Waals surface area contributed by atoms with E-state index in [1.54, 1.807) is 0 Å². The summed E-state index contributed by atoms with van der Waals surface area (Å²) in [5.41, 5.74) is 26.2. The predicted molar refractivity (Wildman–Crippen MR) is 320 cm³/mol. The van der Waals surface area contributed by atoms with Gasteiger partial charge in [0.1, 0.15) is 11.2 Å². The molecule has 3 heterocycles. The molecule has 0 unspecified atom stereocenters. The van der Waals surface area contributed by atoms with Crippen LogP contribution >= 0.6 is 0 Å². The zero-order valence-corrected chi connectivity index (χ0v) is 45.9. The molecule has 75 heavy (non-hydrogen) atoms. The number of nitrogens with zero attached hydrogens (tertiary/aromatic N) is 2. The predicted octanol–water partition coefficient (Wildman–Crippen LogP) is 18.0. The highest BCUT2D eigenvalue weighted by molar-refractivity contribution is 6.94. The molecule has 370 valence electrons. The zero-order valence-electron chi connectivity index (χ0n) is 45.9. The number of rotatable bonds is 3. The molecule has 3 nitrogen and oxygen atoms in total. The van der Waals surface area contributed by atoms with Crippen molar-refractivity contribution in [1.29, 1.82) is 0 Å². The first kappa shape index (κ1) is 46.3. The number of hydrogen-bond donors (Lipinski definition) is 0. The molecule has 0 spiro atoms. The molecule has 0 bridgehead atoms. The monoisotopic (exact) mass is 975 g/mol. The van der Waals surface area contributed by atoms with Crippen LogP contribution in [-0.4, -0.2) is 6.85 Å². The van der Waals surface area contributed by atoms with Crippen LogP contribution in [0, 0.1) is 6.92 Å². The number of furan rings is 1. The maximum Gasteiger partial charge on any atom is 0.333 e. The Morgan fingerprint density at radius 2 is 1.11 bits per heavy atom. The summed E-state index contributed by atoms with van der Waals surface area (Å²) in [4.78, 5) is 5.50. The molecule has 2 aliphatic heterocycles. The van der Waals surface area contributed by atoms with E-state index in [1.807, 2.05) is 0 Å². The molecule has 0 fully saturated rings. The van der Waals surface area contributed by atoms with Crippen LogP contribution in [0.25, 0.3) is 55.0 Å².